The van der Waals surface area contributed by atoms with Crippen LogP contribution in [0.25, 0.3) is 0 Å². The Hall–Kier alpha value is -1.89. The molecule has 19 heavy (non-hydrogen) atoms. The van der Waals surface area contributed by atoms with E-state index in [-0.39, 0.29) is 11.9 Å². The Kier molecular flexibility index (Phi) is 4.16. The van der Waals surface area contributed by atoms with Crippen LogP contribution in [0.2, 0.25) is 0 Å². The number of aromatic amines is 1. The van der Waals surface area contributed by atoms with Gasteiger partial charge >= 0.3 is 5.97 Å². The summed E-state index contributed by atoms with van der Waals surface area (Å²) in [5, 5.41) is 14.6. The van der Waals surface area contributed by atoms with Gasteiger partial charge in [0.05, 0.1) is 29.7 Å². The van der Waals surface area contributed by atoms with Gasteiger partial charge in [-0.05, 0) is 6.42 Å². The van der Waals surface area contributed by atoms with Crippen LogP contribution in [0, 0.1) is 5.92 Å². The number of rotatable bonds is 5. The minimum absolute atomic E-state index is 0.105. The predicted molar refractivity (Wildman–Crippen MR) is 67.3 cm³/mol. The molecule has 0 aromatic carbocycles. The van der Waals surface area contributed by atoms with Crippen LogP contribution in [0.3, 0.4) is 0 Å². The highest BCUT2D eigenvalue weighted by molar-refractivity contribution is 5.82. The average molecular weight is 266 g/mol. The molecule has 0 bridgehead atoms. The quantitative estimate of drug-likeness (QED) is 0.583. The number of fused-ring (bicyclic) bond motifs is 1. The maximum Gasteiger partial charge on any atom is 0.306 e. The highest BCUT2D eigenvalue weighted by Gasteiger charge is 2.25. The Morgan fingerprint density at radius 2 is 2.42 bits per heavy atom. The number of aliphatic carboxylic acids is 1. The number of aromatic nitrogens is 2. The largest absolute Gasteiger partial charge is 0.481 e. The monoisotopic (exact) mass is 266 g/mol. The van der Waals surface area contributed by atoms with E-state index in [2.05, 4.69) is 20.6 Å². The van der Waals surface area contributed by atoms with E-state index in [0.717, 1.165) is 11.4 Å². The third-order valence-electron chi connectivity index (χ3n) is 3.34. The summed E-state index contributed by atoms with van der Waals surface area (Å²) in [6.07, 6.45) is 2.61. The van der Waals surface area contributed by atoms with Crippen molar-refractivity contribution in [2.75, 3.05) is 6.54 Å². The van der Waals surface area contributed by atoms with Crippen molar-refractivity contribution in [1.82, 2.24) is 20.6 Å². The fraction of sp³-hybridized carbons (Fsp3) is 0.583. The van der Waals surface area contributed by atoms with Crippen LogP contribution < -0.4 is 10.6 Å². The van der Waals surface area contributed by atoms with Crippen LogP contribution in [0.5, 0.6) is 0 Å². The summed E-state index contributed by atoms with van der Waals surface area (Å²) < 4.78 is 0. The molecule has 1 aromatic heterocycles. The summed E-state index contributed by atoms with van der Waals surface area (Å²) >= 11 is 0. The van der Waals surface area contributed by atoms with Gasteiger partial charge in [0.15, 0.2) is 0 Å². The number of imidazole rings is 1. The summed E-state index contributed by atoms with van der Waals surface area (Å²) in [4.78, 5) is 29.8. The van der Waals surface area contributed by atoms with Gasteiger partial charge in [-0.1, -0.05) is 6.92 Å². The van der Waals surface area contributed by atoms with Crippen molar-refractivity contribution < 1.29 is 14.7 Å². The number of hydrogen-bond acceptors (Lipinski definition) is 4. The number of carbonyl (C=O) groups is 2. The van der Waals surface area contributed by atoms with Gasteiger partial charge in [-0.25, -0.2) is 4.98 Å². The summed E-state index contributed by atoms with van der Waals surface area (Å²) in [6.45, 7) is 2.60. The first-order valence-corrected chi connectivity index (χ1v) is 6.33. The normalized spacial score (nSPS) is 19.5. The lowest BCUT2D eigenvalue weighted by molar-refractivity contribution is -0.141. The van der Waals surface area contributed by atoms with Crippen LogP contribution in [0.15, 0.2) is 6.33 Å². The zero-order chi connectivity index (χ0) is 13.8. The maximum atomic E-state index is 11.9. The second kappa shape index (κ2) is 5.83. The Labute approximate surface area is 110 Å². The maximum absolute atomic E-state index is 11.9. The number of amides is 1. The van der Waals surface area contributed by atoms with Gasteiger partial charge in [0.2, 0.25) is 5.91 Å². The van der Waals surface area contributed by atoms with Gasteiger partial charge < -0.3 is 15.4 Å². The molecule has 104 valence electrons. The van der Waals surface area contributed by atoms with E-state index < -0.39 is 11.9 Å². The zero-order valence-electron chi connectivity index (χ0n) is 10.8. The van der Waals surface area contributed by atoms with E-state index in [0.29, 0.717) is 25.9 Å². The highest BCUT2D eigenvalue weighted by atomic mass is 16.4. The third kappa shape index (κ3) is 3.31. The predicted octanol–water partition coefficient (Wildman–Crippen LogP) is -0.349. The van der Waals surface area contributed by atoms with Crippen LogP contribution in [-0.2, 0) is 22.6 Å². The first kappa shape index (κ1) is 13.5. The average Bonchev–Trinajstić information content (AvgIpc) is 2.85. The number of nitrogens with one attached hydrogen (secondary N) is 3. The lowest BCUT2D eigenvalue weighted by Gasteiger charge is -2.22. The lowest BCUT2D eigenvalue weighted by atomic mass is 10.0. The number of nitrogens with zero attached hydrogens (tertiary/aromatic N) is 1. The lowest BCUT2D eigenvalue weighted by Crippen LogP contribution is -2.48. The van der Waals surface area contributed by atoms with E-state index in [1.165, 1.54) is 0 Å². The van der Waals surface area contributed by atoms with Gasteiger partial charge in [0.25, 0.3) is 0 Å². The Morgan fingerprint density at radius 3 is 3.16 bits per heavy atom. The van der Waals surface area contributed by atoms with E-state index in [9.17, 15) is 9.59 Å². The van der Waals surface area contributed by atoms with Crippen LogP contribution in [0.4, 0.5) is 0 Å². The fourth-order valence-corrected chi connectivity index (χ4v) is 2.01. The minimum atomic E-state index is -0.841. The van der Waals surface area contributed by atoms with Crippen molar-refractivity contribution in [2.24, 2.45) is 5.92 Å². The van der Waals surface area contributed by atoms with E-state index in [1.807, 2.05) is 0 Å². The molecule has 0 saturated heterocycles. The third-order valence-corrected chi connectivity index (χ3v) is 3.34. The summed E-state index contributed by atoms with van der Waals surface area (Å²) in [6, 6.07) is -0.295. The Morgan fingerprint density at radius 1 is 1.63 bits per heavy atom. The second-order valence-corrected chi connectivity index (χ2v) is 4.78. The molecule has 1 aliphatic rings. The molecular formula is C12H18N4O3. The molecule has 0 saturated carbocycles. The Balaban J connectivity index is 1.77. The van der Waals surface area contributed by atoms with E-state index >= 15 is 0 Å². The zero-order valence-corrected chi connectivity index (χ0v) is 10.8. The van der Waals surface area contributed by atoms with Crippen molar-refractivity contribution in [3.8, 4) is 0 Å². The molecule has 1 aromatic rings. The number of carbonyl (C=O) groups excluding carboxylic acids is 1. The molecule has 2 rings (SSSR count). The molecule has 7 heteroatoms. The number of carboxylic acids is 1. The van der Waals surface area contributed by atoms with E-state index in [4.69, 9.17) is 5.11 Å². The second-order valence-electron chi connectivity index (χ2n) is 4.78. The van der Waals surface area contributed by atoms with Crippen molar-refractivity contribution in [2.45, 2.75) is 32.4 Å². The van der Waals surface area contributed by atoms with Crippen molar-refractivity contribution >= 4 is 11.9 Å². The molecule has 2 unspecified atom stereocenters. The number of H-pyrrole nitrogens is 1. The Bertz CT molecular complexity index is 471. The molecule has 7 nitrogen and oxygen atoms in total. The number of carboxylic acid groups (broad SMARTS) is 1. The molecular weight excluding hydrogens is 248 g/mol. The van der Waals surface area contributed by atoms with Crippen LogP contribution in [-0.4, -0.2) is 39.5 Å². The molecule has 1 aliphatic heterocycles. The summed E-state index contributed by atoms with van der Waals surface area (Å²) in [7, 11) is 0. The standard InChI is InChI=1S/C12H18N4O3/c1-7(12(18)19)2-3-13-11(17)9-4-8-10(5-14-9)16-6-15-8/h6-7,9,14H,2-5H2,1H3,(H,13,17)(H,15,16)(H,18,19). The molecule has 1 amide bonds. The van der Waals surface area contributed by atoms with Gasteiger partial charge in [-0.3, -0.25) is 14.9 Å². The van der Waals surface area contributed by atoms with Gasteiger partial charge in [0.1, 0.15) is 0 Å². The molecule has 2 heterocycles. The van der Waals surface area contributed by atoms with Crippen molar-refractivity contribution in [1.29, 1.82) is 0 Å². The molecule has 0 spiro atoms. The molecule has 0 fully saturated rings. The molecule has 2 atom stereocenters. The molecule has 4 N–H and O–H groups in total. The first-order chi connectivity index (χ1) is 9.08. The van der Waals surface area contributed by atoms with E-state index in [1.54, 1.807) is 13.3 Å². The van der Waals surface area contributed by atoms with Crippen LogP contribution in [0.1, 0.15) is 24.7 Å². The number of hydrogen-bond donors (Lipinski definition) is 4. The topological polar surface area (TPSA) is 107 Å². The van der Waals surface area contributed by atoms with Gasteiger partial charge in [-0.2, -0.15) is 0 Å². The molecule has 0 aliphatic carbocycles. The van der Waals surface area contributed by atoms with Crippen molar-refractivity contribution in [3.63, 3.8) is 0 Å². The minimum Gasteiger partial charge on any atom is -0.481 e. The SMILES string of the molecule is CC(CCNC(=O)C1Cc2nc[nH]c2CN1)C(=O)O. The van der Waals surface area contributed by atoms with Crippen molar-refractivity contribution in [3.05, 3.63) is 17.7 Å². The fourth-order valence-electron chi connectivity index (χ4n) is 2.01. The smallest absolute Gasteiger partial charge is 0.306 e. The van der Waals surface area contributed by atoms with Crippen LogP contribution >= 0.6 is 0 Å². The molecule has 0 radical (unpaired) electrons. The highest BCUT2D eigenvalue weighted by Crippen LogP contribution is 2.12. The summed E-state index contributed by atoms with van der Waals surface area (Å²) in [5.41, 5.74) is 1.93. The van der Waals surface area contributed by atoms with Gasteiger partial charge in [0, 0.05) is 19.5 Å². The summed E-state index contributed by atoms with van der Waals surface area (Å²) in [5.74, 6) is -1.39. The first-order valence-electron chi connectivity index (χ1n) is 6.33. The van der Waals surface area contributed by atoms with Gasteiger partial charge in [-0.15, -0.1) is 0 Å².